The van der Waals surface area contributed by atoms with Gasteiger partial charge in [0, 0.05) is 42.8 Å². The Morgan fingerprint density at radius 3 is 2.51 bits per heavy atom. The molecule has 0 aliphatic carbocycles. The molecular formula is C29H33ClFN7O. The van der Waals surface area contributed by atoms with E-state index in [1.54, 1.807) is 41.1 Å². The molecule has 4 aromatic rings. The third-order valence-electron chi connectivity index (χ3n) is 7.11. The number of carbonyl (C=O) groups excluding carboxylic acids is 1. The second-order valence-corrected chi connectivity index (χ2v) is 10.5. The number of anilines is 2. The largest absolute Gasteiger partial charge is 0.354 e. The van der Waals surface area contributed by atoms with E-state index in [0.717, 1.165) is 54.2 Å². The Morgan fingerprint density at radius 2 is 1.79 bits per heavy atom. The van der Waals surface area contributed by atoms with Gasteiger partial charge in [-0.3, -0.25) is 0 Å². The minimum atomic E-state index is -0.297. The molecule has 0 spiro atoms. The first-order chi connectivity index (χ1) is 18.8. The molecule has 10 heteroatoms. The molecule has 0 unspecified atom stereocenters. The highest BCUT2D eigenvalue weighted by Crippen LogP contribution is 2.32. The predicted octanol–water partition coefficient (Wildman–Crippen LogP) is 6.56. The van der Waals surface area contributed by atoms with Gasteiger partial charge in [0.05, 0.1) is 16.8 Å². The van der Waals surface area contributed by atoms with Gasteiger partial charge < -0.3 is 15.1 Å². The van der Waals surface area contributed by atoms with Crippen molar-refractivity contribution in [3.05, 3.63) is 70.9 Å². The van der Waals surface area contributed by atoms with Gasteiger partial charge in [-0.05, 0) is 68.3 Å². The second-order valence-electron chi connectivity index (χ2n) is 10.0. The summed E-state index contributed by atoms with van der Waals surface area (Å²) >= 11 is 5.98. The topological polar surface area (TPSA) is 79.2 Å². The molecule has 8 nitrogen and oxygen atoms in total. The van der Waals surface area contributed by atoms with Crippen molar-refractivity contribution in [3.63, 3.8) is 0 Å². The molecule has 1 N–H and O–H groups in total. The van der Waals surface area contributed by atoms with Crippen molar-refractivity contribution in [3.8, 4) is 5.69 Å². The molecule has 2 aromatic heterocycles. The number of urea groups is 1. The minimum Gasteiger partial charge on any atom is -0.354 e. The van der Waals surface area contributed by atoms with E-state index in [4.69, 9.17) is 26.7 Å². The lowest BCUT2D eigenvalue weighted by Crippen LogP contribution is -2.38. The van der Waals surface area contributed by atoms with Crippen LogP contribution in [0.3, 0.4) is 0 Å². The molecule has 2 amide bonds. The Balaban J connectivity index is 1.46. The van der Waals surface area contributed by atoms with Crippen LogP contribution in [0.2, 0.25) is 5.02 Å². The number of aryl methyl sites for hydroxylation is 1. The van der Waals surface area contributed by atoms with Crippen molar-refractivity contribution in [1.29, 1.82) is 0 Å². The fourth-order valence-corrected chi connectivity index (χ4v) is 5.15. The monoisotopic (exact) mass is 549 g/mol. The van der Waals surface area contributed by atoms with Crippen molar-refractivity contribution in [1.82, 2.24) is 24.6 Å². The van der Waals surface area contributed by atoms with E-state index in [1.807, 2.05) is 11.8 Å². The maximum absolute atomic E-state index is 13.6. The number of benzene rings is 2. The third kappa shape index (κ3) is 5.83. The fourth-order valence-electron chi connectivity index (χ4n) is 5.02. The van der Waals surface area contributed by atoms with Crippen molar-refractivity contribution in [2.45, 2.75) is 46.0 Å². The standard InChI is InChI=1S/C29H33ClFN7O/c1-4-6-19(2)26-33-27(25-20(3)35-38(28(25)34-26)24-13-9-22(31)10-14-24)36-15-5-16-37(18-17-36)29(39)32-23-11-7-21(30)8-12-23/h7-14,19H,4-6,15-18H2,1-3H3,(H,32,39)/t19-/m1/s1. The average molecular weight is 550 g/mol. The van der Waals surface area contributed by atoms with Gasteiger partial charge in [0.25, 0.3) is 0 Å². The normalized spacial score (nSPS) is 14.9. The van der Waals surface area contributed by atoms with Gasteiger partial charge in [0.2, 0.25) is 0 Å². The number of amides is 2. The number of nitrogens with one attached hydrogen (secondary N) is 1. The average Bonchev–Trinajstić information content (AvgIpc) is 3.09. The predicted molar refractivity (Wildman–Crippen MR) is 154 cm³/mol. The molecule has 0 radical (unpaired) electrons. The smallest absolute Gasteiger partial charge is 0.321 e. The SMILES string of the molecule is CCC[C@@H](C)c1nc(N2CCCN(C(=O)Nc3ccc(Cl)cc3)CC2)c2c(C)nn(-c3ccc(F)cc3)c2n1. The first-order valence-electron chi connectivity index (χ1n) is 13.4. The van der Waals surface area contributed by atoms with E-state index in [9.17, 15) is 9.18 Å². The van der Waals surface area contributed by atoms with Crippen LogP contribution in [0.1, 0.15) is 50.5 Å². The van der Waals surface area contributed by atoms with Gasteiger partial charge in [-0.15, -0.1) is 0 Å². The molecular weight excluding hydrogens is 517 g/mol. The van der Waals surface area contributed by atoms with Gasteiger partial charge >= 0.3 is 6.03 Å². The number of carbonyl (C=O) groups is 1. The molecule has 1 atom stereocenters. The number of aromatic nitrogens is 4. The van der Waals surface area contributed by atoms with Crippen molar-refractivity contribution in [2.75, 3.05) is 36.4 Å². The van der Waals surface area contributed by atoms with Gasteiger partial charge in [0.15, 0.2) is 5.65 Å². The summed E-state index contributed by atoms with van der Waals surface area (Å²) in [7, 11) is 0. The van der Waals surface area contributed by atoms with E-state index in [0.29, 0.717) is 36.0 Å². The van der Waals surface area contributed by atoms with Gasteiger partial charge in [-0.2, -0.15) is 5.10 Å². The van der Waals surface area contributed by atoms with Crippen LogP contribution in [0, 0.1) is 12.7 Å². The molecule has 0 saturated carbocycles. The number of nitrogens with zero attached hydrogens (tertiary/aromatic N) is 6. The van der Waals surface area contributed by atoms with Crippen molar-refractivity contribution >= 4 is 40.2 Å². The number of fused-ring (bicyclic) bond motifs is 1. The van der Waals surface area contributed by atoms with Crippen molar-refractivity contribution in [2.24, 2.45) is 0 Å². The molecule has 1 aliphatic rings. The van der Waals surface area contributed by atoms with E-state index in [2.05, 4.69) is 24.1 Å². The molecule has 0 bridgehead atoms. The van der Waals surface area contributed by atoms with Crippen LogP contribution in [0.15, 0.2) is 48.5 Å². The molecule has 39 heavy (non-hydrogen) atoms. The molecule has 2 aromatic carbocycles. The van der Waals surface area contributed by atoms with Crippen LogP contribution in [0.25, 0.3) is 16.7 Å². The van der Waals surface area contributed by atoms with Crippen LogP contribution in [0.4, 0.5) is 20.7 Å². The fraction of sp³-hybridized carbons (Fsp3) is 0.379. The Morgan fingerprint density at radius 1 is 1.05 bits per heavy atom. The van der Waals surface area contributed by atoms with Crippen LogP contribution < -0.4 is 10.2 Å². The molecule has 3 heterocycles. The highest BCUT2D eigenvalue weighted by Gasteiger charge is 2.26. The zero-order valence-electron chi connectivity index (χ0n) is 22.5. The van der Waals surface area contributed by atoms with E-state index in [-0.39, 0.29) is 17.8 Å². The number of hydrogen-bond acceptors (Lipinski definition) is 5. The van der Waals surface area contributed by atoms with Crippen LogP contribution >= 0.6 is 11.6 Å². The Bertz CT molecular complexity index is 1460. The lowest BCUT2D eigenvalue weighted by molar-refractivity contribution is 0.215. The highest BCUT2D eigenvalue weighted by molar-refractivity contribution is 6.30. The summed E-state index contributed by atoms with van der Waals surface area (Å²) in [6.45, 7) is 8.82. The summed E-state index contributed by atoms with van der Waals surface area (Å²) in [5.74, 6) is 1.48. The summed E-state index contributed by atoms with van der Waals surface area (Å²) in [6, 6.07) is 13.2. The maximum Gasteiger partial charge on any atom is 0.321 e. The maximum atomic E-state index is 13.6. The Labute approximate surface area is 232 Å². The van der Waals surface area contributed by atoms with Crippen LogP contribution in [-0.4, -0.2) is 56.9 Å². The number of halogens is 2. The molecule has 204 valence electrons. The minimum absolute atomic E-state index is 0.135. The first kappa shape index (κ1) is 26.9. The van der Waals surface area contributed by atoms with Crippen LogP contribution in [-0.2, 0) is 0 Å². The summed E-state index contributed by atoms with van der Waals surface area (Å²) in [5, 5.41) is 9.27. The molecule has 1 aliphatic heterocycles. The number of rotatable bonds is 6. The highest BCUT2D eigenvalue weighted by atomic mass is 35.5. The van der Waals surface area contributed by atoms with E-state index >= 15 is 0 Å². The number of hydrogen-bond donors (Lipinski definition) is 1. The van der Waals surface area contributed by atoms with Gasteiger partial charge in [-0.25, -0.2) is 23.8 Å². The van der Waals surface area contributed by atoms with Crippen molar-refractivity contribution < 1.29 is 9.18 Å². The van der Waals surface area contributed by atoms with Gasteiger partial charge in [-0.1, -0.05) is 31.9 Å². The lowest BCUT2D eigenvalue weighted by atomic mass is 10.1. The van der Waals surface area contributed by atoms with Gasteiger partial charge in [0.1, 0.15) is 17.5 Å². The second kappa shape index (κ2) is 11.6. The van der Waals surface area contributed by atoms with E-state index < -0.39 is 0 Å². The third-order valence-corrected chi connectivity index (χ3v) is 7.36. The summed E-state index contributed by atoms with van der Waals surface area (Å²) in [5.41, 5.74) is 2.97. The zero-order valence-corrected chi connectivity index (χ0v) is 23.2. The lowest BCUT2D eigenvalue weighted by Gasteiger charge is -2.24. The molecule has 5 rings (SSSR count). The Kier molecular flexibility index (Phi) is 7.97. The summed E-state index contributed by atoms with van der Waals surface area (Å²) in [4.78, 5) is 27.1. The molecule has 1 saturated heterocycles. The Hall–Kier alpha value is -3.72. The summed E-state index contributed by atoms with van der Waals surface area (Å²) < 4.78 is 15.4. The first-order valence-corrected chi connectivity index (χ1v) is 13.8. The zero-order chi connectivity index (χ0) is 27.5. The molecule has 1 fully saturated rings. The van der Waals surface area contributed by atoms with Crippen LogP contribution in [0.5, 0.6) is 0 Å². The summed E-state index contributed by atoms with van der Waals surface area (Å²) in [6.07, 6.45) is 2.79. The quantitative estimate of drug-likeness (QED) is 0.294. The van der Waals surface area contributed by atoms with E-state index in [1.165, 1.54) is 12.1 Å².